The van der Waals surface area contributed by atoms with Crippen LogP contribution in [0.2, 0.25) is 0 Å². The number of benzene rings is 1. The summed E-state index contributed by atoms with van der Waals surface area (Å²) in [5.41, 5.74) is 4.17. The number of rotatable bonds is 6. The molecule has 1 aliphatic rings. The zero-order valence-electron chi connectivity index (χ0n) is 11.2. The van der Waals surface area contributed by atoms with E-state index in [0.717, 1.165) is 42.7 Å². The van der Waals surface area contributed by atoms with E-state index in [-0.39, 0.29) is 6.04 Å². The first-order chi connectivity index (χ1) is 9.22. The maximum atomic E-state index is 5.67. The molecule has 2 atom stereocenters. The minimum atomic E-state index is 0.284. The van der Waals surface area contributed by atoms with Gasteiger partial charge in [0, 0.05) is 19.3 Å². The molecule has 4 nitrogen and oxygen atoms in total. The first kappa shape index (κ1) is 14.8. The molecule has 0 bridgehead atoms. The minimum Gasteiger partial charge on any atom is -0.496 e. The van der Waals surface area contributed by atoms with Crippen LogP contribution in [0, 0.1) is 5.92 Å². The summed E-state index contributed by atoms with van der Waals surface area (Å²) < 4.78 is 11.6. The second-order valence-electron chi connectivity index (χ2n) is 5.00. The Hall–Kier alpha value is -0.620. The van der Waals surface area contributed by atoms with E-state index >= 15 is 0 Å². The third kappa shape index (κ3) is 4.18. The average molecular weight is 329 g/mol. The average Bonchev–Trinajstić information content (AvgIpc) is 2.91. The quantitative estimate of drug-likeness (QED) is 0.621. The third-order valence-electron chi connectivity index (χ3n) is 3.58. The van der Waals surface area contributed by atoms with Gasteiger partial charge in [-0.15, -0.1) is 0 Å². The molecule has 1 aromatic rings. The van der Waals surface area contributed by atoms with Crippen LogP contribution in [0.3, 0.4) is 0 Å². The number of hydrogen-bond donors (Lipinski definition) is 2. The molecule has 0 amide bonds. The zero-order chi connectivity index (χ0) is 13.7. The van der Waals surface area contributed by atoms with E-state index in [2.05, 4.69) is 33.5 Å². The molecule has 0 saturated carbocycles. The predicted molar refractivity (Wildman–Crippen MR) is 79.1 cm³/mol. The Labute approximate surface area is 122 Å². The summed E-state index contributed by atoms with van der Waals surface area (Å²) in [5.74, 6) is 7.15. The Morgan fingerprint density at radius 3 is 3.00 bits per heavy atom. The van der Waals surface area contributed by atoms with Crippen molar-refractivity contribution in [2.24, 2.45) is 11.8 Å². The van der Waals surface area contributed by atoms with Gasteiger partial charge < -0.3 is 9.47 Å². The van der Waals surface area contributed by atoms with Crippen LogP contribution in [-0.4, -0.2) is 26.4 Å². The lowest BCUT2D eigenvalue weighted by Crippen LogP contribution is -2.38. The number of nitrogens with two attached hydrogens (primary N) is 1. The molecular formula is C14H21BrN2O2. The Kier molecular flexibility index (Phi) is 5.63. The standard InChI is InChI=1S/C14H21BrN2O2/c1-18-14-3-2-10(8-13(14)15)6-12(17-16)7-11-4-5-19-9-11/h2-3,8,11-12,17H,4-7,9,16H2,1H3. The predicted octanol–water partition coefficient (Wildman–Crippen LogP) is 2.26. The zero-order valence-corrected chi connectivity index (χ0v) is 12.8. The van der Waals surface area contributed by atoms with Crippen molar-refractivity contribution in [3.05, 3.63) is 28.2 Å². The van der Waals surface area contributed by atoms with E-state index < -0.39 is 0 Å². The third-order valence-corrected chi connectivity index (χ3v) is 4.20. The monoisotopic (exact) mass is 328 g/mol. The molecule has 0 radical (unpaired) electrons. The number of halogens is 1. The first-order valence-corrected chi connectivity index (χ1v) is 7.38. The lowest BCUT2D eigenvalue weighted by Gasteiger charge is -2.19. The van der Waals surface area contributed by atoms with Crippen LogP contribution in [0.15, 0.2) is 22.7 Å². The Morgan fingerprint density at radius 1 is 1.58 bits per heavy atom. The Morgan fingerprint density at radius 2 is 2.42 bits per heavy atom. The van der Waals surface area contributed by atoms with Gasteiger partial charge in [-0.1, -0.05) is 6.07 Å². The summed E-state index contributed by atoms with van der Waals surface area (Å²) in [6, 6.07) is 6.44. The molecule has 2 rings (SSSR count). The lowest BCUT2D eigenvalue weighted by molar-refractivity contribution is 0.181. The molecule has 1 aliphatic heterocycles. The molecule has 0 aliphatic carbocycles. The van der Waals surface area contributed by atoms with E-state index in [1.165, 1.54) is 5.56 Å². The van der Waals surface area contributed by atoms with Crippen LogP contribution in [0.1, 0.15) is 18.4 Å². The molecule has 1 aromatic carbocycles. The minimum absolute atomic E-state index is 0.284. The van der Waals surface area contributed by atoms with E-state index in [1.54, 1.807) is 7.11 Å². The van der Waals surface area contributed by atoms with Gasteiger partial charge in [0.05, 0.1) is 11.6 Å². The van der Waals surface area contributed by atoms with E-state index in [1.807, 2.05) is 6.07 Å². The smallest absolute Gasteiger partial charge is 0.133 e. The highest BCUT2D eigenvalue weighted by molar-refractivity contribution is 9.10. The topological polar surface area (TPSA) is 56.5 Å². The van der Waals surface area contributed by atoms with Gasteiger partial charge in [-0.2, -0.15) is 0 Å². The fraction of sp³-hybridized carbons (Fsp3) is 0.571. The molecule has 1 fully saturated rings. The second kappa shape index (κ2) is 7.24. The fourth-order valence-corrected chi connectivity index (χ4v) is 3.09. The molecule has 5 heteroatoms. The van der Waals surface area contributed by atoms with Crippen LogP contribution >= 0.6 is 15.9 Å². The summed E-state index contributed by atoms with van der Waals surface area (Å²) in [6.07, 6.45) is 3.11. The molecule has 1 saturated heterocycles. The maximum Gasteiger partial charge on any atom is 0.133 e. The van der Waals surface area contributed by atoms with Crippen molar-refractivity contribution in [3.63, 3.8) is 0 Å². The molecule has 0 spiro atoms. The largest absolute Gasteiger partial charge is 0.496 e. The molecule has 2 unspecified atom stereocenters. The molecular weight excluding hydrogens is 308 g/mol. The van der Waals surface area contributed by atoms with Gasteiger partial charge in [0.25, 0.3) is 0 Å². The Balaban J connectivity index is 1.95. The van der Waals surface area contributed by atoms with Crippen molar-refractivity contribution in [1.29, 1.82) is 0 Å². The normalized spacial score (nSPS) is 20.5. The Bertz CT molecular complexity index is 408. The van der Waals surface area contributed by atoms with E-state index in [4.69, 9.17) is 15.3 Å². The molecule has 19 heavy (non-hydrogen) atoms. The van der Waals surface area contributed by atoms with Gasteiger partial charge in [0.15, 0.2) is 0 Å². The molecule has 3 N–H and O–H groups in total. The van der Waals surface area contributed by atoms with E-state index in [0.29, 0.717) is 5.92 Å². The van der Waals surface area contributed by atoms with Crippen molar-refractivity contribution in [2.45, 2.75) is 25.3 Å². The molecule has 0 aromatic heterocycles. The van der Waals surface area contributed by atoms with Crippen molar-refractivity contribution >= 4 is 15.9 Å². The van der Waals surface area contributed by atoms with Crippen molar-refractivity contribution in [2.75, 3.05) is 20.3 Å². The van der Waals surface area contributed by atoms with Crippen LogP contribution in [0.25, 0.3) is 0 Å². The van der Waals surface area contributed by atoms with Crippen LogP contribution < -0.4 is 16.0 Å². The van der Waals surface area contributed by atoms with Gasteiger partial charge >= 0.3 is 0 Å². The highest BCUT2D eigenvalue weighted by atomic mass is 79.9. The summed E-state index contributed by atoms with van der Waals surface area (Å²) >= 11 is 3.51. The first-order valence-electron chi connectivity index (χ1n) is 6.59. The van der Waals surface area contributed by atoms with Crippen molar-refractivity contribution in [3.8, 4) is 5.75 Å². The number of ether oxygens (including phenoxy) is 2. The molecule has 1 heterocycles. The highest BCUT2D eigenvalue weighted by Gasteiger charge is 2.20. The number of methoxy groups -OCH3 is 1. The van der Waals surface area contributed by atoms with Gasteiger partial charge in [-0.25, -0.2) is 0 Å². The van der Waals surface area contributed by atoms with Gasteiger partial charge in [0.1, 0.15) is 5.75 Å². The number of hydrazine groups is 1. The van der Waals surface area contributed by atoms with Gasteiger partial charge in [-0.05, 0) is 58.8 Å². The maximum absolute atomic E-state index is 5.67. The van der Waals surface area contributed by atoms with Crippen molar-refractivity contribution < 1.29 is 9.47 Å². The second-order valence-corrected chi connectivity index (χ2v) is 5.86. The van der Waals surface area contributed by atoms with Gasteiger partial charge in [0.2, 0.25) is 0 Å². The number of nitrogens with one attached hydrogen (secondary N) is 1. The van der Waals surface area contributed by atoms with Crippen LogP contribution in [0.5, 0.6) is 5.75 Å². The summed E-state index contributed by atoms with van der Waals surface area (Å²) in [5, 5.41) is 0. The highest BCUT2D eigenvalue weighted by Crippen LogP contribution is 2.27. The van der Waals surface area contributed by atoms with Gasteiger partial charge in [-0.3, -0.25) is 11.3 Å². The summed E-state index contributed by atoms with van der Waals surface area (Å²) in [4.78, 5) is 0. The fourth-order valence-electron chi connectivity index (χ4n) is 2.50. The van der Waals surface area contributed by atoms with Crippen molar-refractivity contribution in [1.82, 2.24) is 5.43 Å². The van der Waals surface area contributed by atoms with Crippen LogP contribution in [-0.2, 0) is 11.2 Å². The summed E-state index contributed by atoms with van der Waals surface area (Å²) in [6.45, 7) is 1.75. The van der Waals surface area contributed by atoms with E-state index in [9.17, 15) is 0 Å². The number of hydrogen-bond acceptors (Lipinski definition) is 4. The van der Waals surface area contributed by atoms with Crippen LogP contribution in [0.4, 0.5) is 0 Å². The molecule has 106 valence electrons. The lowest BCUT2D eigenvalue weighted by atomic mass is 9.95. The summed E-state index contributed by atoms with van der Waals surface area (Å²) in [7, 11) is 1.67. The SMILES string of the molecule is COc1ccc(CC(CC2CCOC2)NN)cc1Br.